The minimum absolute atomic E-state index is 0.0479. The van der Waals surface area contributed by atoms with E-state index >= 15 is 0 Å². The van der Waals surface area contributed by atoms with E-state index in [0.29, 0.717) is 23.5 Å². The zero-order chi connectivity index (χ0) is 15.8. The summed E-state index contributed by atoms with van der Waals surface area (Å²) in [6, 6.07) is 4.43. The summed E-state index contributed by atoms with van der Waals surface area (Å²) in [5.41, 5.74) is 0.777. The highest BCUT2D eigenvalue weighted by molar-refractivity contribution is 5.95. The van der Waals surface area contributed by atoms with Gasteiger partial charge in [-0.1, -0.05) is 6.92 Å². The Hall–Kier alpha value is -2.24. The second kappa shape index (κ2) is 8.14. The summed E-state index contributed by atoms with van der Waals surface area (Å²) >= 11 is 0. The SMILES string of the molecule is CCCNC(=O)Nc1cc(C(=O)OC)ccc1OC(C)C. The van der Waals surface area contributed by atoms with Crippen LogP contribution in [0.2, 0.25) is 0 Å². The van der Waals surface area contributed by atoms with Crippen LogP contribution in [0.25, 0.3) is 0 Å². The molecule has 6 nitrogen and oxygen atoms in total. The smallest absolute Gasteiger partial charge is 0.337 e. The van der Waals surface area contributed by atoms with Crippen molar-refractivity contribution >= 4 is 17.7 Å². The lowest BCUT2D eigenvalue weighted by Crippen LogP contribution is -2.29. The molecule has 0 aliphatic rings. The van der Waals surface area contributed by atoms with Crippen molar-refractivity contribution in [3.05, 3.63) is 23.8 Å². The first-order valence-corrected chi connectivity index (χ1v) is 6.91. The second-order valence-electron chi connectivity index (χ2n) is 4.75. The largest absolute Gasteiger partial charge is 0.489 e. The molecule has 1 aromatic rings. The maximum Gasteiger partial charge on any atom is 0.337 e. The zero-order valence-corrected chi connectivity index (χ0v) is 12.9. The molecule has 0 spiro atoms. The first-order valence-electron chi connectivity index (χ1n) is 6.91. The van der Waals surface area contributed by atoms with Crippen LogP contribution in [-0.2, 0) is 4.74 Å². The van der Waals surface area contributed by atoms with Crippen molar-refractivity contribution in [2.45, 2.75) is 33.3 Å². The Morgan fingerprint density at radius 3 is 2.57 bits per heavy atom. The van der Waals surface area contributed by atoms with Gasteiger partial charge in [0.1, 0.15) is 5.75 Å². The monoisotopic (exact) mass is 294 g/mol. The molecule has 0 fully saturated rings. The summed E-state index contributed by atoms with van der Waals surface area (Å²) in [4.78, 5) is 23.3. The van der Waals surface area contributed by atoms with Gasteiger partial charge in [-0.05, 0) is 38.5 Å². The fourth-order valence-corrected chi connectivity index (χ4v) is 1.63. The van der Waals surface area contributed by atoms with E-state index < -0.39 is 5.97 Å². The van der Waals surface area contributed by atoms with E-state index in [0.717, 1.165) is 6.42 Å². The normalized spacial score (nSPS) is 10.1. The number of benzene rings is 1. The number of esters is 1. The van der Waals surface area contributed by atoms with Crippen LogP contribution in [-0.4, -0.2) is 31.8 Å². The maximum absolute atomic E-state index is 11.8. The van der Waals surface area contributed by atoms with Gasteiger partial charge < -0.3 is 20.1 Å². The molecule has 0 radical (unpaired) electrons. The molecule has 0 atom stereocenters. The Labute approximate surface area is 124 Å². The van der Waals surface area contributed by atoms with Gasteiger partial charge in [0.2, 0.25) is 0 Å². The van der Waals surface area contributed by atoms with Crippen LogP contribution in [0.1, 0.15) is 37.6 Å². The van der Waals surface area contributed by atoms with Gasteiger partial charge in [-0.3, -0.25) is 0 Å². The van der Waals surface area contributed by atoms with Crippen molar-refractivity contribution in [3.63, 3.8) is 0 Å². The second-order valence-corrected chi connectivity index (χ2v) is 4.75. The van der Waals surface area contributed by atoms with Crippen LogP contribution in [0.15, 0.2) is 18.2 Å². The topological polar surface area (TPSA) is 76.7 Å². The number of carbonyl (C=O) groups is 2. The zero-order valence-electron chi connectivity index (χ0n) is 12.9. The summed E-state index contributed by atoms with van der Waals surface area (Å²) in [5.74, 6) is 0.0346. The van der Waals surface area contributed by atoms with Crippen LogP contribution in [0, 0.1) is 0 Å². The number of carbonyl (C=O) groups excluding carboxylic acids is 2. The molecule has 0 saturated carbocycles. The first kappa shape index (κ1) is 16.8. The number of anilines is 1. The standard InChI is InChI=1S/C15H22N2O4/c1-5-8-16-15(19)17-12-9-11(14(18)20-4)6-7-13(12)21-10(2)3/h6-7,9-10H,5,8H2,1-4H3,(H2,16,17,19). The molecule has 0 aromatic heterocycles. The van der Waals surface area contributed by atoms with E-state index in [1.165, 1.54) is 13.2 Å². The van der Waals surface area contributed by atoms with E-state index in [1.807, 2.05) is 20.8 Å². The predicted molar refractivity (Wildman–Crippen MR) is 80.9 cm³/mol. The van der Waals surface area contributed by atoms with E-state index in [1.54, 1.807) is 12.1 Å². The number of hydrogen-bond donors (Lipinski definition) is 2. The van der Waals surface area contributed by atoms with Crippen LogP contribution < -0.4 is 15.4 Å². The molecule has 6 heteroatoms. The summed E-state index contributed by atoms with van der Waals surface area (Å²) in [7, 11) is 1.31. The van der Waals surface area contributed by atoms with Crippen LogP contribution >= 0.6 is 0 Å². The Balaban J connectivity index is 2.98. The number of rotatable bonds is 6. The quantitative estimate of drug-likeness (QED) is 0.791. The van der Waals surface area contributed by atoms with Gasteiger partial charge in [0, 0.05) is 6.54 Å². The lowest BCUT2D eigenvalue weighted by molar-refractivity contribution is 0.0600. The molecule has 2 N–H and O–H groups in total. The highest BCUT2D eigenvalue weighted by atomic mass is 16.5. The Bertz CT molecular complexity index is 500. The summed E-state index contributed by atoms with van der Waals surface area (Å²) in [6.45, 7) is 6.30. The maximum atomic E-state index is 11.8. The summed E-state index contributed by atoms with van der Waals surface area (Å²) in [6.07, 6.45) is 0.790. The van der Waals surface area contributed by atoms with Crippen molar-refractivity contribution in [1.82, 2.24) is 5.32 Å². The molecule has 2 amide bonds. The first-order chi connectivity index (χ1) is 9.97. The van der Waals surface area contributed by atoms with Gasteiger partial charge in [-0.15, -0.1) is 0 Å². The van der Waals surface area contributed by atoms with Crippen LogP contribution in [0.4, 0.5) is 10.5 Å². The average Bonchev–Trinajstić information content (AvgIpc) is 2.45. The molecule has 0 saturated heterocycles. The highest BCUT2D eigenvalue weighted by Crippen LogP contribution is 2.27. The number of ether oxygens (including phenoxy) is 2. The fourth-order valence-electron chi connectivity index (χ4n) is 1.63. The number of urea groups is 1. The predicted octanol–water partition coefficient (Wildman–Crippen LogP) is 2.79. The molecular weight excluding hydrogens is 272 g/mol. The number of nitrogens with one attached hydrogen (secondary N) is 2. The van der Waals surface area contributed by atoms with Gasteiger partial charge in [-0.25, -0.2) is 9.59 Å². The molecular formula is C15H22N2O4. The Morgan fingerprint density at radius 2 is 2.00 bits per heavy atom. The fraction of sp³-hybridized carbons (Fsp3) is 0.467. The number of methoxy groups -OCH3 is 1. The lowest BCUT2D eigenvalue weighted by Gasteiger charge is -2.16. The molecule has 0 bridgehead atoms. The average molecular weight is 294 g/mol. The molecule has 21 heavy (non-hydrogen) atoms. The molecule has 0 unspecified atom stereocenters. The molecule has 1 rings (SSSR count). The third-order valence-electron chi connectivity index (χ3n) is 2.55. The van der Waals surface area contributed by atoms with Crippen molar-refractivity contribution in [3.8, 4) is 5.75 Å². The number of amides is 2. The van der Waals surface area contributed by atoms with Crippen molar-refractivity contribution < 1.29 is 19.1 Å². The number of hydrogen-bond acceptors (Lipinski definition) is 4. The molecule has 1 aromatic carbocycles. The van der Waals surface area contributed by atoms with Crippen LogP contribution in [0.3, 0.4) is 0 Å². The van der Waals surface area contributed by atoms with E-state index in [-0.39, 0.29) is 12.1 Å². The van der Waals surface area contributed by atoms with Crippen molar-refractivity contribution in [1.29, 1.82) is 0 Å². The van der Waals surface area contributed by atoms with E-state index in [2.05, 4.69) is 15.4 Å². The van der Waals surface area contributed by atoms with Gasteiger partial charge in [0.15, 0.2) is 0 Å². The Kier molecular flexibility index (Phi) is 6.52. The molecule has 116 valence electrons. The van der Waals surface area contributed by atoms with Gasteiger partial charge in [0.25, 0.3) is 0 Å². The molecule has 0 heterocycles. The minimum Gasteiger partial charge on any atom is -0.489 e. The summed E-state index contributed by atoms with van der Waals surface area (Å²) in [5, 5.41) is 5.39. The molecule has 0 aliphatic carbocycles. The third kappa shape index (κ3) is 5.33. The van der Waals surface area contributed by atoms with E-state index in [4.69, 9.17) is 4.74 Å². The van der Waals surface area contributed by atoms with Gasteiger partial charge in [0.05, 0.1) is 24.5 Å². The lowest BCUT2D eigenvalue weighted by atomic mass is 10.2. The van der Waals surface area contributed by atoms with E-state index in [9.17, 15) is 9.59 Å². The highest BCUT2D eigenvalue weighted by Gasteiger charge is 2.13. The van der Waals surface area contributed by atoms with Gasteiger partial charge in [-0.2, -0.15) is 0 Å². The van der Waals surface area contributed by atoms with Crippen molar-refractivity contribution in [2.24, 2.45) is 0 Å². The minimum atomic E-state index is -0.469. The molecule has 0 aliphatic heterocycles. The third-order valence-corrected chi connectivity index (χ3v) is 2.55. The van der Waals surface area contributed by atoms with Gasteiger partial charge >= 0.3 is 12.0 Å². The van der Waals surface area contributed by atoms with Crippen LogP contribution in [0.5, 0.6) is 5.75 Å². The summed E-state index contributed by atoms with van der Waals surface area (Å²) < 4.78 is 10.3. The van der Waals surface area contributed by atoms with Crippen molar-refractivity contribution in [2.75, 3.05) is 19.0 Å². The Morgan fingerprint density at radius 1 is 1.29 bits per heavy atom.